The van der Waals surface area contributed by atoms with E-state index in [1.54, 1.807) is 50.2 Å². The summed E-state index contributed by atoms with van der Waals surface area (Å²) in [6, 6.07) is 18.2. The van der Waals surface area contributed by atoms with Gasteiger partial charge in [0.25, 0.3) is 17.4 Å². The van der Waals surface area contributed by atoms with Gasteiger partial charge in [0.15, 0.2) is 11.5 Å². The van der Waals surface area contributed by atoms with Gasteiger partial charge in [-0.1, -0.05) is 18.2 Å². The molecule has 0 radical (unpaired) electrons. The van der Waals surface area contributed by atoms with Crippen molar-refractivity contribution < 1.29 is 28.5 Å². The van der Waals surface area contributed by atoms with E-state index in [1.807, 2.05) is 36.4 Å². The van der Waals surface area contributed by atoms with E-state index in [0.29, 0.717) is 78.6 Å². The average Bonchev–Trinajstić information content (AvgIpc) is 3.31. The molecule has 0 spiro atoms. The lowest BCUT2D eigenvalue weighted by molar-refractivity contribution is -0.0100. The van der Waals surface area contributed by atoms with Crippen molar-refractivity contribution >= 4 is 28.4 Å². The van der Waals surface area contributed by atoms with Gasteiger partial charge in [-0.3, -0.25) is 23.9 Å². The first kappa shape index (κ1) is 30.3. The molecule has 3 heterocycles. The standard InChI is InChI=1S/C34H36N4O7/c1-42-21-24-20-36(16-17-45-24)23-9-10-27-28(19-23)35-31(13-15-38-32(39)25-6-4-5-7-26(25)33(38)40)37(34(27)41)14-12-22-8-11-29(43-2)30(18-22)44-3/h4-11,18-19,24H,12-17,20-21H2,1-3H3. The number of hydrogen-bond acceptors (Lipinski definition) is 9. The molecule has 0 saturated carbocycles. The molecule has 1 fully saturated rings. The van der Waals surface area contributed by atoms with Crippen LogP contribution in [0.3, 0.4) is 0 Å². The van der Waals surface area contributed by atoms with Crippen LogP contribution in [-0.2, 0) is 28.9 Å². The quantitative estimate of drug-likeness (QED) is 0.236. The van der Waals surface area contributed by atoms with E-state index in [-0.39, 0.29) is 36.4 Å². The summed E-state index contributed by atoms with van der Waals surface area (Å²) in [7, 11) is 4.82. The Morgan fingerprint density at radius 1 is 0.867 bits per heavy atom. The monoisotopic (exact) mass is 612 g/mol. The summed E-state index contributed by atoms with van der Waals surface area (Å²) in [5.74, 6) is 1.05. The van der Waals surface area contributed by atoms with Crippen molar-refractivity contribution in [3.05, 3.63) is 93.5 Å². The Kier molecular flexibility index (Phi) is 8.81. The summed E-state index contributed by atoms with van der Waals surface area (Å²) in [6.45, 7) is 2.88. The first-order chi connectivity index (χ1) is 21.9. The van der Waals surface area contributed by atoms with Gasteiger partial charge in [-0.15, -0.1) is 0 Å². The number of anilines is 1. The zero-order valence-electron chi connectivity index (χ0n) is 25.7. The van der Waals surface area contributed by atoms with Gasteiger partial charge in [0.1, 0.15) is 5.82 Å². The summed E-state index contributed by atoms with van der Waals surface area (Å²) in [4.78, 5) is 48.6. The fourth-order valence-corrected chi connectivity index (χ4v) is 6.05. The summed E-state index contributed by atoms with van der Waals surface area (Å²) >= 11 is 0. The number of carbonyl (C=O) groups is 2. The molecule has 2 amide bonds. The van der Waals surface area contributed by atoms with Gasteiger partial charge in [0, 0.05) is 45.4 Å². The minimum absolute atomic E-state index is 0.0489. The Bertz CT molecular complexity index is 1770. The number of aromatic nitrogens is 2. The largest absolute Gasteiger partial charge is 0.493 e. The van der Waals surface area contributed by atoms with Crippen LogP contribution in [0.4, 0.5) is 5.69 Å². The fourth-order valence-electron chi connectivity index (χ4n) is 6.05. The summed E-state index contributed by atoms with van der Waals surface area (Å²) < 4.78 is 23.6. The van der Waals surface area contributed by atoms with Gasteiger partial charge >= 0.3 is 0 Å². The Morgan fingerprint density at radius 3 is 2.33 bits per heavy atom. The third-order valence-corrected chi connectivity index (χ3v) is 8.38. The molecule has 1 unspecified atom stereocenters. The van der Waals surface area contributed by atoms with E-state index < -0.39 is 0 Å². The van der Waals surface area contributed by atoms with E-state index in [1.165, 1.54) is 4.90 Å². The van der Waals surface area contributed by atoms with Crippen LogP contribution in [0, 0.1) is 0 Å². The highest BCUT2D eigenvalue weighted by Crippen LogP contribution is 2.28. The van der Waals surface area contributed by atoms with Crippen molar-refractivity contribution in [2.24, 2.45) is 0 Å². The van der Waals surface area contributed by atoms with Crippen molar-refractivity contribution in [2.75, 3.05) is 59.1 Å². The van der Waals surface area contributed by atoms with Gasteiger partial charge in [-0.2, -0.15) is 0 Å². The highest BCUT2D eigenvalue weighted by molar-refractivity contribution is 6.21. The Balaban J connectivity index is 1.33. The molecule has 6 rings (SSSR count). The third kappa shape index (κ3) is 6.01. The lowest BCUT2D eigenvalue weighted by atomic mass is 10.1. The molecule has 0 bridgehead atoms. The predicted molar refractivity (Wildman–Crippen MR) is 169 cm³/mol. The second kappa shape index (κ2) is 13.1. The smallest absolute Gasteiger partial charge is 0.261 e. The molecule has 11 nitrogen and oxygen atoms in total. The number of fused-ring (bicyclic) bond motifs is 2. The van der Waals surface area contributed by atoms with Gasteiger partial charge in [0.05, 0.1) is 55.6 Å². The molecule has 2 aliphatic heterocycles. The molecule has 234 valence electrons. The number of ether oxygens (including phenoxy) is 4. The third-order valence-electron chi connectivity index (χ3n) is 8.38. The molecule has 11 heteroatoms. The Hall–Kier alpha value is -4.74. The SMILES string of the molecule is COCC1CN(c2ccc3c(=O)n(CCc4ccc(OC)c(OC)c4)c(CCN4C(=O)c5ccccc5C4=O)nc3c2)CCO1. The number of morpholine rings is 1. The zero-order chi connectivity index (χ0) is 31.5. The van der Waals surface area contributed by atoms with Gasteiger partial charge in [-0.25, -0.2) is 4.98 Å². The molecule has 2 aliphatic rings. The molecular formula is C34H36N4O7. The molecule has 45 heavy (non-hydrogen) atoms. The van der Waals surface area contributed by atoms with E-state index >= 15 is 0 Å². The van der Waals surface area contributed by atoms with Gasteiger partial charge in [0.2, 0.25) is 0 Å². The summed E-state index contributed by atoms with van der Waals surface area (Å²) in [6.07, 6.45) is 0.702. The molecule has 3 aromatic carbocycles. The van der Waals surface area contributed by atoms with Crippen LogP contribution in [0.2, 0.25) is 0 Å². The number of imide groups is 1. The minimum atomic E-state index is -0.337. The van der Waals surface area contributed by atoms with Crippen molar-refractivity contribution in [1.82, 2.24) is 14.5 Å². The van der Waals surface area contributed by atoms with Crippen LogP contribution in [0.1, 0.15) is 32.1 Å². The van der Waals surface area contributed by atoms with E-state index in [4.69, 9.17) is 23.9 Å². The van der Waals surface area contributed by atoms with Gasteiger partial charge in [-0.05, 0) is 54.4 Å². The first-order valence-corrected chi connectivity index (χ1v) is 15.0. The highest BCUT2D eigenvalue weighted by Gasteiger charge is 2.35. The maximum Gasteiger partial charge on any atom is 0.261 e. The number of amides is 2. The van der Waals surface area contributed by atoms with E-state index in [2.05, 4.69) is 4.90 Å². The summed E-state index contributed by atoms with van der Waals surface area (Å²) in [5, 5.41) is 0.497. The molecule has 4 aromatic rings. The number of aryl methyl sites for hydroxylation is 1. The first-order valence-electron chi connectivity index (χ1n) is 15.0. The number of rotatable bonds is 11. The van der Waals surface area contributed by atoms with Crippen LogP contribution in [0.25, 0.3) is 10.9 Å². The number of nitrogens with zero attached hydrogens (tertiary/aromatic N) is 4. The van der Waals surface area contributed by atoms with Crippen LogP contribution in [-0.4, -0.2) is 86.5 Å². The van der Waals surface area contributed by atoms with E-state index in [0.717, 1.165) is 11.3 Å². The molecule has 1 aromatic heterocycles. The van der Waals surface area contributed by atoms with Gasteiger partial charge < -0.3 is 23.8 Å². The minimum Gasteiger partial charge on any atom is -0.493 e. The topological polar surface area (TPSA) is 112 Å². The van der Waals surface area contributed by atoms with Crippen molar-refractivity contribution in [3.63, 3.8) is 0 Å². The van der Waals surface area contributed by atoms with Crippen LogP contribution < -0.4 is 19.9 Å². The van der Waals surface area contributed by atoms with Crippen molar-refractivity contribution in [1.29, 1.82) is 0 Å². The average molecular weight is 613 g/mol. The van der Waals surface area contributed by atoms with Crippen molar-refractivity contribution in [2.45, 2.75) is 25.5 Å². The fraction of sp³-hybridized carbons (Fsp3) is 0.353. The molecule has 1 atom stereocenters. The molecule has 0 aliphatic carbocycles. The molecule has 1 saturated heterocycles. The van der Waals surface area contributed by atoms with E-state index in [9.17, 15) is 14.4 Å². The van der Waals surface area contributed by atoms with Crippen LogP contribution >= 0.6 is 0 Å². The Morgan fingerprint density at radius 2 is 1.62 bits per heavy atom. The summed E-state index contributed by atoms with van der Waals surface area (Å²) in [5.41, 5.74) is 3.06. The number of hydrogen-bond donors (Lipinski definition) is 0. The number of carbonyl (C=O) groups excluding carboxylic acids is 2. The maximum atomic E-state index is 14.0. The Labute approximate surface area is 260 Å². The lowest BCUT2D eigenvalue weighted by Gasteiger charge is -2.34. The second-order valence-corrected chi connectivity index (χ2v) is 11.1. The van der Waals surface area contributed by atoms with Crippen LogP contribution in [0.15, 0.2) is 65.5 Å². The predicted octanol–water partition coefficient (Wildman–Crippen LogP) is 3.35. The second-order valence-electron chi connectivity index (χ2n) is 11.1. The normalized spacial score (nSPS) is 16.4. The zero-order valence-corrected chi connectivity index (χ0v) is 25.7. The molecular weight excluding hydrogens is 576 g/mol. The lowest BCUT2D eigenvalue weighted by Crippen LogP contribution is -2.44. The molecule has 0 N–H and O–H groups in total. The van der Waals surface area contributed by atoms with Crippen molar-refractivity contribution in [3.8, 4) is 11.5 Å². The number of methoxy groups -OCH3 is 3. The maximum absolute atomic E-state index is 14.0. The number of benzene rings is 3. The van der Waals surface area contributed by atoms with Crippen LogP contribution in [0.5, 0.6) is 11.5 Å². The highest BCUT2D eigenvalue weighted by atomic mass is 16.5.